The molecule has 1 fully saturated rings. The average Bonchev–Trinajstić information content (AvgIpc) is 3.49. The summed E-state index contributed by atoms with van der Waals surface area (Å²) < 4.78 is 10.8. The molecule has 2 aromatic carbocycles. The quantitative estimate of drug-likeness (QED) is 0.242. The maximum absolute atomic E-state index is 13.1. The van der Waals surface area contributed by atoms with Gasteiger partial charge in [0.15, 0.2) is 0 Å². The van der Waals surface area contributed by atoms with Crippen molar-refractivity contribution >= 4 is 74.4 Å². The molecule has 0 saturated carbocycles. The summed E-state index contributed by atoms with van der Waals surface area (Å²) >= 11 is 14.3. The first-order chi connectivity index (χ1) is 20.2. The molecule has 12 heteroatoms. The zero-order valence-corrected chi connectivity index (χ0v) is 25.5. The van der Waals surface area contributed by atoms with E-state index in [0.717, 1.165) is 10.1 Å². The number of esters is 1. The Bertz CT molecular complexity index is 1480. The van der Waals surface area contributed by atoms with Gasteiger partial charge in [-0.2, -0.15) is 0 Å². The van der Waals surface area contributed by atoms with Crippen LogP contribution in [-0.2, 0) is 19.1 Å². The van der Waals surface area contributed by atoms with Gasteiger partial charge in [-0.15, -0.1) is 11.3 Å². The van der Waals surface area contributed by atoms with Crippen LogP contribution in [0.4, 0.5) is 0 Å². The van der Waals surface area contributed by atoms with Gasteiger partial charge in [0.2, 0.25) is 11.8 Å². The SMILES string of the molecule is COC(=O)CC(CNC(=O)c1ccc(OC)cc1)NC(=O)C1CCN(C(=O)C=Cc2cc3ccsc3c(Cl)c2Cl)CC1. The molecule has 42 heavy (non-hydrogen) atoms. The van der Waals surface area contributed by atoms with E-state index >= 15 is 0 Å². The summed E-state index contributed by atoms with van der Waals surface area (Å²) in [4.78, 5) is 52.2. The predicted molar refractivity (Wildman–Crippen MR) is 164 cm³/mol. The normalized spacial score (nSPS) is 14.5. The number of likely N-dealkylation sites (tertiary alicyclic amines) is 1. The first-order valence-electron chi connectivity index (χ1n) is 13.3. The molecule has 1 atom stereocenters. The Morgan fingerprint density at radius 1 is 1.07 bits per heavy atom. The Labute approximate surface area is 257 Å². The summed E-state index contributed by atoms with van der Waals surface area (Å²) in [6, 6.07) is 9.77. The second kappa shape index (κ2) is 14.5. The highest BCUT2D eigenvalue weighted by molar-refractivity contribution is 7.18. The van der Waals surface area contributed by atoms with Crippen LogP contribution in [0, 0.1) is 5.92 Å². The summed E-state index contributed by atoms with van der Waals surface area (Å²) in [5.41, 5.74) is 1.08. The van der Waals surface area contributed by atoms with Crippen molar-refractivity contribution < 1.29 is 28.7 Å². The van der Waals surface area contributed by atoms with Gasteiger partial charge in [0, 0.05) is 37.2 Å². The van der Waals surface area contributed by atoms with Crippen molar-refractivity contribution in [2.75, 3.05) is 33.9 Å². The summed E-state index contributed by atoms with van der Waals surface area (Å²) in [6.45, 7) is 0.835. The predicted octanol–water partition coefficient (Wildman–Crippen LogP) is 4.95. The molecule has 9 nitrogen and oxygen atoms in total. The van der Waals surface area contributed by atoms with Crippen molar-refractivity contribution in [1.29, 1.82) is 0 Å². The maximum Gasteiger partial charge on any atom is 0.307 e. The van der Waals surface area contributed by atoms with E-state index in [9.17, 15) is 19.2 Å². The van der Waals surface area contributed by atoms with Gasteiger partial charge < -0.3 is 25.0 Å². The lowest BCUT2D eigenvalue weighted by molar-refractivity contribution is -0.141. The molecule has 1 saturated heterocycles. The van der Waals surface area contributed by atoms with Gasteiger partial charge in [0.05, 0.1) is 41.4 Å². The van der Waals surface area contributed by atoms with Gasteiger partial charge in [-0.1, -0.05) is 23.2 Å². The van der Waals surface area contributed by atoms with Gasteiger partial charge in [0.1, 0.15) is 5.75 Å². The van der Waals surface area contributed by atoms with E-state index in [-0.39, 0.29) is 36.6 Å². The number of amides is 3. The number of methoxy groups -OCH3 is 2. The largest absolute Gasteiger partial charge is 0.497 e. The van der Waals surface area contributed by atoms with Gasteiger partial charge in [-0.3, -0.25) is 19.2 Å². The molecule has 0 radical (unpaired) electrons. The highest BCUT2D eigenvalue weighted by Crippen LogP contribution is 2.37. The molecule has 1 unspecified atom stereocenters. The Morgan fingerprint density at radius 2 is 1.79 bits per heavy atom. The van der Waals surface area contributed by atoms with Crippen LogP contribution >= 0.6 is 34.5 Å². The van der Waals surface area contributed by atoms with E-state index in [2.05, 4.69) is 10.6 Å². The topological polar surface area (TPSA) is 114 Å². The minimum atomic E-state index is -0.660. The number of ether oxygens (including phenoxy) is 2. The Balaban J connectivity index is 1.30. The van der Waals surface area contributed by atoms with Crippen molar-refractivity contribution in [2.24, 2.45) is 5.92 Å². The van der Waals surface area contributed by atoms with Crippen LogP contribution in [0.5, 0.6) is 5.75 Å². The van der Waals surface area contributed by atoms with Gasteiger partial charge in [-0.05, 0) is 71.6 Å². The standard InChI is InChI=1S/C30H31Cl2N3O6S/c1-40-23-6-3-18(4-7-23)29(38)33-17-22(16-25(37)41-2)34-30(39)19-9-12-35(13-10-19)24(36)8-5-20-15-21-11-14-42-28(21)27(32)26(20)31/h3-8,11,14-15,19,22H,9-10,12-13,16-17H2,1-2H3,(H,33,38)(H,34,39). The van der Waals surface area contributed by atoms with Crippen LogP contribution in [-0.4, -0.2) is 68.5 Å². The molecule has 4 rings (SSSR count). The molecular formula is C30H31Cl2N3O6S. The molecule has 2 N–H and O–H groups in total. The number of hydrogen-bond donors (Lipinski definition) is 2. The number of fused-ring (bicyclic) bond motifs is 1. The third kappa shape index (κ3) is 7.81. The van der Waals surface area contributed by atoms with E-state index < -0.39 is 12.0 Å². The van der Waals surface area contributed by atoms with E-state index in [1.165, 1.54) is 31.6 Å². The summed E-state index contributed by atoms with van der Waals surface area (Å²) in [5, 5.41) is 9.39. The fourth-order valence-corrected chi connectivity index (χ4v) is 6.10. The van der Waals surface area contributed by atoms with Crippen LogP contribution in [0.3, 0.4) is 0 Å². The van der Waals surface area contributed by atoms with Gasteiger partial charge in [-0.25, -0.2) is 0 Å². The number of nitrogens with one attached hydrogen (secondary N) is 2. The van der Waals surface area contributed by atoms with E-state index in [4.69, 9.17) is 32.7 Å². The van der Waals surface area contributed by atoms with Crippen LogP contribution in [0.25, 0.3) is 16.2 Å². The van der Waals surface area contributed by atoms with Crippen LogP contribution in [0.1, 0.15) is 35.2 Å². The molecule has 222 valence electrons. The van der Waals surface area contributed by atoms with E-state index in [1.807, 2.05) is 17.5 Å². The maximum atomic E-state index is 13.1. The zero-order chi connectivity index (χ0) is 30.2. The molecule has 1 aliphatic heterocycles. The molecular weight excluding hydrogens is 601 g/mol. The van der Waals surface area contributed by atoms with Crippen molar-refractivity contribution in [2.45, 2.75) is 25.3 Å². The third-order valence-electron chi connectivity index (χ3n) is 7.08. The summed E-state index contributed by atoms with van der Waals surface area (Å²) in [7, 11) is 2.80. The molecule has 2 heterocycles. The van der Waals surface area contributed by atoms with Crippen LogP contribution in [0.2, 0.25) is 10.0 Å². The Hall–Kier alpha value is -3.60. The van der Waals surface area contributed by atoms with Gasteiger partial charge >= 0.3 is 5.97 Å². The fraction of sp³-hybridized carbons (Fsp3) is 0.333. The third-order valence-corrected chi connectivity index (χ3v) is 9.03. The minimum Gasteiger partial charge on any atom is -0.497 e. The smallest absolute Gasteiger partial charge is 0.307 e. The number of carbonyl (C=O) groups is 4. The number of carbonyl (C=O) groups excluding carboxylic acids is 4. The first-order valence-corrected chi connectivity index (χ1v) is 14.9. The molecule has 3 amide bonds. The van der Waals surface area contributed by atoms with Crippen LogP contribution in [0.15, 0.2) is 47.9 Å². The minimum absolute atomic E-state index is 0.0393. The molecule has 1 aliphatic rings. The number of thiophene rings is 1. The molecule has 0 aliphatic carbocycles. The van der Waals surface area contributed by atoms with Crippen molar-refractivity contribution in [3.8, 4) is 5.75 Å². The molecule has 1 aromatic heterocycles. The lowest BCUT2D eigenvalue weighted by Gasteiger charge is -2.31. The van der Waals surface area contributed by atoms with E-state index in [1.54, 1.807) is 35.2 Å². The first kappa shape index (κ1) is 31.3. The summed E-state index contributed by atoms with van der Waals surface area (Å²) in [6.07, 6.45) is 3.94. The monoisotopic (exact) mass is 631 g/mol. The van der Waals surface area contributed by atoms with Crippen molar-refractivity contribution in [3.05, 3.63) is 69.0 Å². The number of nitrogens with zero attached hydrogens (tertiary/aromatic N) is 1. The van der Waals surface area contributed by atoms with Gasteiger partial charge in [0.25, 0.3) is 5.91 Å². The Morgan fingerprint density at radius 3 is 2.45 bits per heavy atom. The van der Waals surface area contributed by atoms with Crippen molar-refractivity contribution in [3.63, 3.8) is 0 Å². The number of hydrogen-bond acceptors (Lipinski definition) is 7. The second-order valence-corrected chi connectivity index (χ2v) is 11.5. The number of piperidine rings is 1. The lowest BCUT2D eigenvalue weighted by Crippen LogP contribution is -2.49. The Kier molecular flexibility index (Phi) is 10.8. The van der Waals surface area contributed by atoms with E-state index in [0.29, 0.717) is 52.9 Å². The molecule has 0 spiro atoms. The average molecular weight is 633 g/mol. The van der Waals surface area contributed by atoms with Crippen LogP contribution < -0.4 is 15.4 Å². The number of benzene rings is 2. The summed E-state index contributed by atoms with van der Waals surface area (Å²) in [5.74, 6) is -1.00. The zero-order valence-electron chi connectivity index (χ0n) is 23.2. The van der Waals surface area contributed by atoms with Crippen molar-refractivity contribution in [1.82, 2.24) is 15.5 Å². The lowest BCUT2D eigenvalue weighted by atomic mass is 9.95. The highest BCUT2D eigenvalue weighted by atomic mass is 35.5. The second-order valence-electron chi connectivity index (χ2n) is 9.79. The fourth-order valence-electron chi connectivity index (χ4n) is 4.66. The molecule has 0 bridgehead atoms. The number of rotatable bonds is 10. The highest BCUT2D eigenvalue weighted by Gasteiger charge is 2.29. The molecule has 3 aromatic rings. The number of halogens is 2.